The van der Waals surface area contributed by atoms with Crippen LogP contribution >= 0.6 is 0 Å². The molecule has 1 amide bonds. The fraction of sp³-hybridized carbons (Fsp3) is 0.654. The van der Waals surface area contributed by atoms with E-state index in [2.05, 4.69) is 25.6 Å². The van der Waals surface area contributed by atoms with Crippen molar-refractivity contribution >= 4 is 11.1 Å². The second kappa shape index (κ2) is 11.4. The van der Waals surface area contributed by atoms with Gasteiger partial charge in [0.15, 0.2) is 0 Å². The second-order valence-corrected chi connectivity index (χ2v) is 10.7. The van der Waals surface area contributed by atoms with Crippen molar-refractivity contribution in [2.24, 2.45) is 18.4 Å². The number of carbonyl (C=O) groups is 1. The number of hydrogen-bond donors (Lipinski definition) is 0. The van der Waals surface area contributed by atoms with Gasteiger partial charge in [-0.1, -0.05) is 5.21 Å². The van der Waals surface area contributed by atoms with Gasteiger partial charge in [-0.15, -0.1) is 0 Å². The van der Waals surface area contributed by atoms with Crippen molar-refractivity contribution in [1.29, 1.82) is 0 Å². The van der Waals surface area contributed by atoms with Crippen LogP contribution in [0.2, 0.25) is 0 Å². The molecule has 4 atom stereocenters. The molecular weight excluding hydrogens is 508 g/mol. The third-order valence-corrected chi connectivity index (χ3v) is 7.91. The summed E-state index contributed by atoms with van der Waals surface area (Å²) in [5.74, 6) is 1.36. The maximum atomic E-state index is 13.0. The summed E-state index contributed by atoms with van der Waals surface area (Å²) in [5, 5.41) is 8.37. The van der Waals surface area contributed by atoms with Crippen molar-refractivity contribution in [2.75, 3.05) is 13.6 Å². The molecule has 2 aromatic rings. The van der Waals surface area contributed by atoms with Crippen molar-refractivity contribution in [3.05, 3.63) is 23.5 Å². The number of amides is 1. The Bertz CT molecular complexity index is 1090. The van der Waals surface area contributed by atoms with Crippen LogP contribution in [0.1, 0.15) is 63.3 Å². The number of halogens is 1. The fourth-order valence-corrected chi connectivity index (χ4v) is 5.43. The van der Waals surface area contributed by atoms with Gasteiger partial charge in [-0.2, -0.15) is 0 Å². The number of hydrogen-bond acceptors (Lipinski definition) is 6. The Morgan fingerprint density at radius 2 is 2.22 bits per heavy atom. The molecular formula is C26H36CoFN5O3. The molecule has 1 spiro atoms. The number of carbonyl (C=O) groups excluding carboxylic acids is 1. The summed E-state index contributed by atoms with van der Waals surface area (Å²) in [6.45, 7) is 3.89. The quantitative estimate of drug-likeness (QED) is 0.436. The van der Waals surface area contributed by atoms with Gasteiger partial charge in [0, 0.05) is 20.6 Å². The first-order chi connectivity index (χ1) is 17.2. The van der Waals surface area contributed by atoms with Gasteiger partial charge in [0.1, 0.15) is 6.61 Å². The summed E-state index contributed by atoms with van der Waals surface area (Å²) < 4.78 is 26.4. The average molecular weight is 545 g/mol. The summed E-state index contributed by atoms with van der Waals surface area (Å²) >= 11 is 4.45. The van der Waals surface area contributed by atoms with Crippen LogP contribution in [0.3, 0.4) is 0 Å². The minimum atomic E-state index is -0.883. The van der Waals surface area contributed by atoms with Gasteiger partial charge >= 0.3 is 138 Å². The van der Waals surface area contributed by atoms with Crippen LogP contribution in [0.25, 0.3) is 11.4 Å². The van der Waals surface area contributed by atoms with Crippen LogP contribution in [0, 0.1) is 18.3 Å². The summed E-state index contributed by atoms with van der Waals surface area (Å²) in [6.07, 6.45) is 5.76. The van der Waals surface area contributed by atoms with Crippen LogP contribution in [-0.2, 0) is 33.7 Å². The van der Waals surface area contributed by atoms with E-state index in [1.165, 1.54) is 31.1 Å². The monoisotopic (exact) mass is 544 g/mol. The number of pyridine rings is 1. The number of ether oxygens (including phenoxy) is 2. The zero-order valence-corrected chi connectivity index (χ0v) is 22.5. The first-order valence-electron chi connectivity index (χ1n) is 12.7. The molecule has 2 saturated carbocycles. The van der Waals surface area contributed by atoms with E-state index in [0.717, 1.165) is 24.3 Å². The molecule has 4 unspecified atom stereocenters. The molecule has 0 radical (unpaired) electrons. The first kappa shape index (κ1) is 26.7. The molecule has 4 rings (SSSR count). The Labute approximate surface area is 220 Å². The molecule has 0 N–H and O–H groups in total. The predicted molar refractivity (Wildman–Crippen MR) is 131 cm³/mol. The van der Waals surface area contributed by atoms with E-state index in [1.807, 2.05) is 24.0 Å². The van der Waals surface area contributed by atoms with Crippen molar-refractivity contribution in [1.82, 2.24) is 24.9 Å². The van der Waals surface area contributed by atoms with Crippen molar-refractivity contribution in [3.8, 4) is 17.1 Å². The minimum absolute atomic E-state index is 0.00821. The molecule has 2 heterocycles. The molecule has 2 aliphatic rings. The third-order valence-electron chi connectivity index (χ3n) is 7.42. The zero-order chi connectivity index (χ0) is 25.9. The molecule has 8 nitrogen and oxygen atoms in total. The van der Waals surface area contributed by atoms with E-state index in [-0.39, 0.29) is 18.1 Å². The molecule has 0 aromatic carbocycles. The van der Waals surface area contributed by atoms with E-state index in [0.29, 0.717) is 42.4 Å². The number of rotatable bonds is 10. The van der Waals surface area contributed by atoms with Crippen LogP contribution in [-0.4, -0.2) is 61.8 Å². The number of nitrogens with zero attached hydrogens (tertiary/aromatic N) is 5. The van der Waals surface area contributed by atoms with E-state index in [4.69, 9.17) is 14.5 Å². The number of alkyl halides is 1. The Morgan fingerprint density at radius 1 is 1.42 bits per heavy atom. The molecule has 0 aliphatic heterocycles. The van der Waals surface area contributed by atoms with E-state index in [9.17, 15) is 9.18 Å². The van der Waals surface area contributed by atoms with E-state index >= 15 is 0 Å². The standard InChI is InChI=1S/C26H36FN5O3.Co/c1-17-8-6-12-26(14-17)15-23(26)35-22-11-10-20(28-19(22)3)24-21(32(5)30-29-24)16-34-25(33)31(4)13-7-9-18(2)27;/h1,10-11,17-18,23H,6-9,12-16H2,2-5H3;. The van der Waals surface area contributed by atoms with Gasteiger partial charge in [0.05, 0.1) is 6.17 Å². The normalized spacial score (nSPS) is 23.8. The Hall–Kier alpha value is -2.33. The molecule has 0 bridgehead atoms. The second-order valence-electron chi connectivity index (χ2n) is 10.3. The Morgan fingerprint density at radius 3 is 2.94 bits per heavy atom. The molecule has 10 heteroatoms. The fourth-order valence-electron chi connectivity index (χ4n) is 5.13. The topological polar surface area (TPSA) is 82.4 Å². The van der Waals surface area contributed by atoms with Crippen LogP contribution in [0.4, 0.5) is 9.18 Å². The van der Waals surface area contributed by atoms with Gasteiger partial charge < -0.3 is 9.64 Å². The van der Waals surface area contributed by atoms with Crippen molar-refractivity contribution < 1.29 is 34.0 Å². The summed E-state index contributed by atoms with van der Waals surface area (Å²) in [7, 11) is 3.40. The number of aromatic nitrogens is 4. The summed E-state index contributed by atoms with van der Waals surface area (Å²) in [6, 6.07) is 3.82. The van der Waals surface area contributed by atoms with Crippen LogP contribution in [0.15, 0.2) is 12.1 Å². The van der Waals surface area contributed by atoms with Crippen molar-refractivity contribution in [3.63, 3.8) is 0 Å². The summed E-state index contributed by atoms with van der Waals surface area (Å²) in [5.41, 5.74) is 2.93. The maximum absolute atomic E-state index is 13.0. The summed E-state index contributed by atoms with van der Waals surface area (Å²) in [4.78, 5) is 20.6. The van der Waals surface area contributed by atoms with E-state index in [1.54, 1.807) is 18.8 Å². The zero-order valence-electron chi connectivity index (χ0n) is 21.5. The molecule has 2 aromatic heterocycles. The van der Waals surface area contributed by atoms with Gasteiger partial charge in [0.25, 0.3) is 0 Å². The Kier molecular flexibility index (Phi) is 8.44. The molecule has 2 fully saturated rings. The molecule has 0 saturated heterocycles. The van der Waals surface area contributed by atoms with Gasteiger partial charge in [-0.05, 0) is 19.8 Å². The Balaban J connectivity index is 1.38. The average Bonchev–Trinajstić information content (AvgIpc) is 3.35. The van der Waals surface area contributed by atoms with Gasteiger partial charge in [-0.25, -0.2) is 13.9 Å². The van der Waals surface area contributed by atoms with Gasteiger partial charge in [-0.3, -0.25) is 0 Å². The molecule has 36 heavy (non-hydrogen) atoms. The van der Waals surface area contributed by atoms with Crippen LogP contribution in [0.5, 0.6) is 5.75 Å². The van der Waals surface area contributed by atoms with Crippen LogP contribution < -0.4 is 4.74 Å². The number of aryl methyl sites for hydroxylation is 2. The predicted octanol–water partition coefficient (Wildman–Crippen LogP) is 4.57. The van der Waals surface area contributed by atoms with Gasteiger partial charge in [0.2, 0.25) is 0 Å². The first-order valence-corrected chi connectivity index (χ1v) is 13.3. The molecule has 199 valence electrons. The van der Waals surface area contributed by atoms with E-state index < -0.39 is 12.3 Å². The van der Waals surface area contributed by atoms with Crippen molar-refractivity contribution in [2.45, 2.75) is 77.7 Å². The SMILES string of the molecule is Cc1nc(-c2nnn(C)c2COC(=O)N(C)CCCC(C)F)ccc1OC1CC12CCCC([CH]=[Co])C2. The molecule has 2 aliphatic carbocycles. The third kappa shape index (κ3) is 6.14.